The summed E-state index contributed by atoms with van der Waals surface area (Å²) in [6.45, 7) is 8.97. The van der Waals surface area contributed by atoms with Crippen LogP contribution in [0.5, 0.6) is 0 Å². The molecule has 0 saturated heterocycles. The molecule has 4 nitrogen and oxygen atoms in total. The zero-order valence-electron chi connectivity index (χ0n) is 9.13. The zero-order chi connectivity index (χ0) is 10.4. The first-order chi connectivity index (χ1) is 6.72. The summed E-state index contributed by atoms with van der Waals surface area (Å²) < 4.78 is 5.25. The van der Waals surface area contributed by atoms with Crippen LogP contribution in [0.15, 0.2) is 10.7 Å². The van der Waals surface area contributed by atoms with Crippen LogP contribution in [0.25, 0.3) is 0 Å². The van der Waals surface area contributed by atoms with Gasteiger partial charge in [-0.15, -0.1) is 0 Å². The van der Waals surface area contributed by atoms with E-state index in [4.69, 9.17) is 4.42 Å². The second-order valence-electron chi connectivity index (χ2n) is 3.70. The third-order valence-corrected chi connectivity index (χ3v) is 1.77. The van der Waals surface area contributed by atoms with Gasteiger partial charge < -0.3 is 15.1 Å². The van der Waals surface area contributed by atoms with Crippen LogP contribution in [0.4, 0.5) is 6.01 Å². The molecule has 1 aromatic rings. The minimum Gasteiger partial charge on any atom is -0.432 e. The van der Waals surface area contributed by atoms with E-state index in [1.807, 2.05) is 0 Å². The Morgan fingerprint density at radius 1 is 1.50 bits per heavy atom. The van der Waals surface area contributed by atoms with E-state index in [0.29, 0.717) is 11.9 Å². The number of nitrogens with zero attached hydrogens (tertiary/aromatic N) is 1. The van der Waals surface area contributed by atoms with Gasteiger partial charge >= 0.3 is 0 Å². The van der Waals surface area contributed by atoms with Crippen LogP contribution in [0, 0.1) is 5.92 Å². The van der Waals surface area contributed by atoms with Crippen LogP contribution in [0.2, 0.25) is 0 Å². The van der Waals surface area contributed by atoms with Crippen molar-refractivity contribution >= 4 is 6.01 Å². The Hall–Kier alpha value is -1.03. The predicted octanol–water partition coefficient (Wildman–Crippen LogP) is 1.85. The van der Waals surface area contributed by atoms with Crippen molar-refractivity contribution in [3.05, 3.63) is 12.0 Å². The number of hydrogen-bond donors (Lipinski definition) is 2. The first-order valence-electron chi connectivity index (χ1n) is 5.11. The van der Waals surface area contributed by atoms with Gasteiger partial charge in [-0.3, -0.25) is 0 Å². The van der Waals surface area contributed by atoms with Crippen LogP contribution in [0.3, 0.4) is 0 Å². The monoisotopic (exact) mass is 197 g/mol. The minimum absolute atomic E-state index is 0.596. The summed E-state index contributed by atoms with van der Waals surface area (Å²) in [6.07, 6.45) is 1.69. The number of oxazole rings is 1. The molecule has 0 aromatic carbocycles. The van der Waals surface area contributed by atoms with Gasteiger partial charge in [0.15, 0.2) is 0 Å². The highest BCUT2D eigenvalue weighted by Gasteiger charge is 2.02. The van der Waals surface area contributed by atoms with E-state index in [0.717, 1.165) is 25.3 Å². The summed E-state index contributed by atoms with van der Waals surface area (Å²) in [5.41, 5.74) is 0.943. The average molecular weight is 197 g/mol. The number of aromatic nitrogens is 1. The molecule has 1 rings (SSSR count). The lowest BCUT2D eigenvalue weighted by molar-refractivity contribution is 0.558. The summed E-state index contributed by atoms with van der Waals surface area (Å²) in [5.74, 6) is 0.596. The number of rotatable bonds is 6. The largest absolute Gasteiger partial charge is 0.432 e. The Morgan fingerprint density at radius 3 is 2.93 bits per heavy atom. The number of anilines is 1. The standard InChI is InChI=1S/C10H19N3O/c1-4-11-6-9-7-14-10(13-9)12-5-8(2)3/h7-8,11H,4-6H2,1-3H3,(H,12,13). The maximum absolute atomic E-state index is 5.25. The molecule has 0 spiro atoms. The SMILES string of the molecule is CCNCc1coc(NCC(C)C)n1. The molecule has 0 atom stereocenters. The third-order valence-electron chi connectivity index (χ3n) is 1.77. The van der Waals surface area contributed by atoms with Crippen LogP contribution < -0.4 is 10.6 Å². The Balaban J connectivity index is 2.35. The van der Waals surface area contributed by atoms with Gasteiger partial charge in [0.1, 0.15) is 6.26 Å². The van der Waals surface area contributed by atoms with E-state index >= 15 is 0 Å². The van der Waals surface area contributed by atoms with E-state index in [9.17, 15) is 0 Å². The fourth-order valence-electron chi connectivity index (χ4n) is 1.01. The van der Waals surface area contributed by atoms with Gasteiger partial charge in [0.2, 0.25) is 0 Å². The molecule has 80 valence electrons. The fourth-order valence-corrected chi connectivity index (χ4v) is 1.01. The highest BCUT2D eigenvalue weighted by molar-refractivity contribution is 5.20. The predicted molar refractivity (Wildman–Crippen MR) is 57.2 cm³/mol. The summed E-state index contributed by atoms with van der Waals surface area (Å²) >= 11 is 0. The van der Waals surface area contributed by atoms with Crippen LogP contribution in [0.1, 0.15) is 26.5 Å². The molecule has 0 aliphatic rings. The average Bonchev–Trinajstić information content (AvgIpc) is 2.59. The van der Waals surface area contributed by atoms with Gasteiger partial charge in [0.05, 0.1) is 5.69 Å². The molecule has 1 heterocycles. The molecule has 0 amide bonds. The molecule has 0 unspecified atom stereocenters. The van der Waals surface area contributed by atoms with Gasteiger partial charge in [-0.25, -0.2) is 0 Å². The Kier molecular flexibility index (Phi) is 4.46. The van der Waals surface area contributed by atoms with Gasteiger partial charge in [0.25, 0.3) is 6.01 Å². The van der Waals surface area contributed by atoms with Crippen molar-refractivity contribution in [1.82, 2.24) is 10.3 Å². The van der Waals surface area contributed by atoms with Crippen molar-refractivity contribution in [3.63, 3.8) is 0 Å². The Labute approximate surface area is 85.1 Å². The summed E-state index contributed by atoms with van der Waals surface area (Å²) in [4.78, 5) is 4.28. The molecule has 4 heteroatoms. The topological polar surface area (TPSA) is 50.1 Å². The molecule has 0 aliphatic carbocycles. The first-order valence-corrected chi connectivity index (χ1v) is 5.11. The maximum Gasteiger partial charge on any atom is 0.294 e. The Morgan fingerprint density at radius 2 is 2.29 bits per heavy atom. The van der Waals surface area contributed by atoms with E-state index in [2.05, 4.69) is 36.4 Å². The molecular weight excluding hydrogens is 178 g/mol. The summed E-state index contributed by atoms with van der Waals surface area (Å²) in [5, 5.41) is 6.33. The van der Waals surface area contributed by atoms with Crippen LogP contribution in [-0.4, -0.2) is 18.1 Å². The lowest BCUT2D eigenvalue weighted by Crippen LogP contribution is -2.12. The molecule has 0 saturated carbocycles. The quantitative estimate of drug-likeness (QED) is 0.730. The summed E-state index contributed by atoms with van der Waals surface area (Å²) in [6, 6.07) is 0.617. The van der Waals surface area contributed by atoms with Crippen molar-refractivity contribution in [2.45, 2.75) is 27.3 Å². The number of nitrogens with one attached hydrogen (secondary N) is 2. The van der Waals surface area contributed by atoms with Crippen molar-refractivity contribution < 1.29 is 4.42 Å². The van der Waals surface area contributed by atoms with Crippen molar-refractivity contribution in [1.29, 1.82) is 0 Å². The molecule has 0 fully saturated rings. The highest BCUT2D eigenvalue weighted by atomic mass is 16.4. The van der Waals surface area contributed by atoms with Gasteiger partial charge in [-0.1, -0.05) is 20.8 Å². The van der Waals surface area contributed by atoms with Gasteiger partial charge in [-0.2, -0.15) is 4.98 Å². The molecule has 0 bridgehead atoms. The second-order valence-corrected chi connectivity index (χ2v) is 3.70. The number of hydrogen-bond acceptors (Lipinski definition) is 4. The van der Waals surface area contributed by atoms with E-state index in [1.165, 1.54) is 0 Å². The smallest absolute Gasteiger partial charge is 0.294 e. The van der Waals surface area contributed by atoms with E-state index in [1.54, 1.807) is 6.26 Å². The maximum atomic E-state index is 5.25. The molecular formula is C10H19N3O. The Bertz CT molecular complexity index is 258. The minimum atomic E-state index is 0.596. The van der Waals surface area contributed by atoms with Crippen molar-refractivity contribution in [3.8, 4) is 0 Å². The zero-order valence-corrected chi connectivity index (χ0v) is 9.13. The fraction of sp³-hybridized carbons (Fsp3) is 0.700. The van der Waals surface area contributed by atoms with E-state index in [-0.39, 0.29) is 0 Å². The lowest BCUT2D eigenvalue weighted by atomic mass is 10.2. The molecule has 1 aromatic heterocycles. The molecule has 2 N–H and O–H groups in total. The van der Waals surface area contributed by atoms with Crippen molar-refractivity contribution in [2.24, 2.45) is 5.92 Å². The molecule has 0 radical (unpaired) electrons. The molecule has 14 heavy (non-hydrogen) atoms. The highest BCUT2D eigenvalue weighted by Crippen LogP contribution is 2.07. The second kappa shape index (κ2) is 5.65. The van der Waals surface area contributed by atoms with Gasteiger partial charge in [-0.05, 0) is 12.5 Å². The van der Waals surface area contributed by atoms with Crippen LogP contribution >= 0.6 is 0 Å². The van der Waals surface area contributed by atoms with Gasteiger partial charge in [0, 0.05) is 13.1 Å². The normalized spacial score (nSPS) is 10.9. The van der Waals surface area contributed by atoms with Crippen molar-refractivity contribution in [2.75, 3.05) is 18.4 Å². The van der Waals surface area contributed by atoms with E-state index < -0.39 is 0 Å². The first kappa shape index (κ1) is 11.0. The van der Waals surface area contributed by atoms with Crippen LogP contribution in [-0.2, 0) is 6.54 Å². The summed E-state index contributed by atoms with van der Waals surface area (Å²) in [7, 11) is 0. The third kappa shape index (κ3) is 3.79. The lowest BCUT2D eigenvalue weighted by Gasteiger charge is -2.03. The molecule has 0 aliphatic heterocycles.